The molecule has 0 aromatic rings. The summed E-state index contributed by atoms with van der Waals surface area (Å²) in [7, 11) is 0. The van der Waals surface area contributed by atoms with Crippen LogP contribution in [0.4, 0.5) is 0 Å². The fraction of sp³-hybridized carbons (Fsp3) is 0.923. The van der Waals surface area contributed by atoms with Crippen LogP contribution in [0.2, 0.25) is 0 Å². The van der Waals surface area contributed by atoms with Gasteiger partial charge < -0.3 is 20.1 Å². The maximum Gasteiger partial charge on any atom is 0.300 e. The van der Waals surface area contributed by atoms with Gasteiger partial charge in [-0.3, -0.25) is 4.79 Å². The molecule has 0 spiro atoms. The topological polar surface area (TPSA) is 87.0 Å². The van der Waals surface area contributed by atoms with E-state index < -0.39 is 12.1 Å². The van der Waals surface area contributed by atoms with Crippen LogP contribution in [0.5, 0.6) is 0 Å². The van der Waals surface area contributed by atoms with Crippen molar-refractivity contribution in [2.24, 2.45) is 0 Å². The third kappa shape index (κ3) is 58.5. The molecule has 1 unspecified atom stereocenters. The molecule has 0 heterocycles. The highest BCUT2D eigenvalue weighted by molar-refractivity contribution is 5.62. The molecule has 0 aromatic carbocycles. The summed E-state index contributed by atoms with van der Waals surface area (Å²) in [6.45, 7) is 14.9. The van der Waals surface area contributed by atoms with Gasteiger partial charge in [-0.15, -0.1) is 0 Å². The van der Waals surface area contributed by atoms with Crippen molar-refractivity contribution in [2.75, 3.05) is 6.61 Å². The average Bonchev–Trinajstić information content (AvgIpc) is 1.96. The van der Waals surface area contributed by atoms with Crippen LogP contribution in [-0.4, -0.2) is 45.2 Å². The van der Waals surface area contributed by atoms with E-state index in [1.807, 2.05) is 0 Å². The summed E-state index contributed by atoms with van der Waals surface area (Å²) < 4.78 is 5.62. The third-order valence-corrected chi connectivity index (χ3v) is 0.877. The van der Waals surface area contributed by atoms with Crippen molar-refractivity contribution in [1.82, 2.24) is 0 Å². The van der Waals surface area contributed by atoms with Gasteiger partial charge in [0.05, 0.1) is 23.9 Å². The zero-order valence-corrected chi connectivity index (χ0v) is 12.9. The number of aliphatic hydroxyl groups is 2. The molecule has 0 aliphatic heterocycles. The lowest BCUT2D eigenvalue weighted by Gasteiger charge is -2.30. The molecule has 0 amide bonds. The van der Waals surface area contributed by atoms with Gasteiger partial charge in [0.1, 0.15) is 0 Å². The fourth-order valence-electron chi connectivity index (χ4n) is 0.919. The first kappa shape index (κ1) is 22.5. The lowest BCUT2D eigenvalue weighted by molar-refractivity contribution is -0.134. The van der Waals surface area contributed by atoms with Gasteiger partial charge in [0.15, 0.2) is 0 Å². The molecular weight excluding hydrogens is 236 g/mol. The number of rotatable bonds is 1. The Morgan fingerprint density at radius 3 is 1.28 bits per heavy atom. The van der Waals surface area contributed by atoms with Gasteiger partial charge in [-0.05, 0) is 48.5 Å². The molecule has 0 fully saturated rings. The van der Waals surface area contributed by atoms with E-state index in [0.717, 1.165) is 6.92 Å². The largest absolute Gasteiger partial charge is 0.481 e. The van der Waals surface area contributed by atoms with Gasteiger partial charge in [-0.2, -0.15) is 0 Å². The van der Waals surface area contributed by atoms with E-state index in [0.29, 0.717) is 0 Å². The first-order chi connectivity index (χ1) is 7.71. The molecule has 0 saturated heterocycles. The van der Waals surface area contributed by atoms with Gasteiger partial charge in [0.2, 0.25) is 0 Å². The Bertz CT molecular complexity index is 182. The zero-order chi connectivity index (χ0) is 15.6. The van der Waals surface area contributed by atoms with Crippen molar-refractivity contribution in [3.63, 3.8) is 0 Å². The summed E-state index contributed by atoms with van der Waals surface area (Å²) in [6, 6.07) is 0. The van der Waals surface area contributed by atoms with E-state index in [9.17, 15) is 0 Å². The van der Waals surface area contributed by atoms with E-state index >= 15 is 0 Å². The highest BCUT2D eigenvalue weighted by Gasteiger charge is 2.19. The van der Waals surface area contributed by atoms with Crippen LogP contribution >= 0.6 is 0 Å². The Morgan fingerprint density at radius 1 is 1.11 bits per heavy atom. The first-order valence-electron chi connectivity index (χ1n) is 5.90. The molecule has 0 aromatic heterocycles. The summed E-state index contributed by atoms with van der Waals surface area (Å²) in [5, 5.41) is 23.4. The second kappa shape index (κ2) is 10.3. The minimum Gasteiger partial charge on any atom is -0.481 e. The second-order valence-electron chi connectivity index (χ2n) is 5.88. The van der Waals surface area contributed by atoms with Crippen molar-refractivity contribution < 1.29 is 24.9 Å². The number of hydrogen-bond acceptors (Lipinski definition) is 4. The van der Waals surface area contributed by atoms with Crippen LogP contribution in [-0.2, 0) is 9.53 Å². The zero-order valence-electron chi connectivity index (χ0n) is 12.9. The van der Waals surface area contributed by atoms with Crippen molar-refractivity contribution in [3.8, 4) is 0 Å². The number of carboxylic acid groups (broad SMARTS) is 1. The predicted molar refractivity (Wildman–Crippen MR) is 72.7 cm³/mol. The van der Waals surface area contributed by atoms with Gasteiger partial charge in [-0.1, -0.05) is 0 Å². The highest BCUT2D eigenvalue weighted by Crippen LogP contribution is 2.17. The number of aliphatic hydroxyl groups excluding tert-OH is 2. The molecule has 0 bridgehead atoms. The first-order valence-corrected chi connectivity index (χ1v) is 5.90. The molecule has 0 aliphatic carbocycles. The van der Waals surface area contributed by atoms with E-state index in [1.165, 1.54) is 6.92 Å². The monoisotopic (exact) mass is 266 g/mol. The molecule has 0 rings (SSSR count). The molecule has 5 heteroatoms. The summed E-state index contributed by atoms with van der Waals surface area (Å²) in [4.78, 5) is 9.00. The number of carboxylic acids is 1. The summed E-state index contributed by atoms with van der Waals surface area (Å²) in [6.07, 6.45) is -0.560. The van der Waals surface area contributed by atoms with Crippen LogP contribution in [0.15, 0.2) is 0 Å². The molecular formula is C13H30O5. The average molecular weight is 266 g/mol. The molecule has 18 heavy (non-hydrogen) atoms. The van der Waals surface area contributed by atoms with Crippen molar-refractivity contribution in [2.45, 2.75) is 72.7 Å². The maximum absolute atomic E-state index is 9.00. The van der Waals surface area contributed by atoms with Crippen molar-refractivity contribution in [3.05, 3.63) is 0 Å². The standard InChI is InChI=1S/C8H18O.C3H8O2.C2H4O2/c1-7(2,3)9-8(4,5)6;1-3(5)2-4;1-2(3)4/h1-6H3;3-5H,2H2,1H3;1H3,(H,3,4). The van der Waals surface area contributed by atoms with Crippen LogP contribution < -0.4 is 0 Å². The van der Waals surface area contributed by atoms with E-state index in [1.54, 1.807) is 0 Å². The summed E-state index contributed by atoms with van der Waals surface area (Å²) in [5.41, 5.74) is -0.0312. The fourth-order valence-corrected chi connectivity index (χ4v) is 0.919. The van der Waals surface area contributed by atoms with Crippen molar-refractivity contribution >= 4 is 5.97 Å². The molecule has 0 aliphatic rings. The van der Waals surface area contributed by atoms with Crippen molar-refractivity contribution in [1.29, 1.82) is 0 Å². The lowest BCUT2D eigenvalue weighted by Crippen LogP contribution is -2.31. The Balaban J connectivity index is -0.000000212. The van der Waals surface area contributed by atoms with Gasteiger partial charge >= 0.3 is 0 Å². The maximum atomic E-state index is 9.00. The molecule has 0 radical (unpaired) electrons. The lowest BCUT2D eigenvalue weighted by atomic mass is 10.1. The SMILES string of the molecule is CC(=O)O.CC(C)(C)OC(C)(C)C.CC(O)CO. The van der Waals surface area contributed by atoms with E-state index in [2.05, 4.69) is 41.5 Å². The Hall–Kier alpha value is -0.650. The normalized spacial score (nSPS) is 12.6. The van der Waals surface area contributed by atoms with E-state index in [4.69, 9.17) is 24.9 Å². The number of ether oxygens (including phenoxy) is 1. The Labute approximate surface area is 111 Å². The number of aliphatic carboxylic acids is 1. The molecule has 1 atom stereocenters. The minimum absolute atomic E-state index is 0.0156. The third-order valence-electron chi connectivity index (χ3n) is 0.877. The molecule has 112 valence electrons. The Kier molecular flexibility index (Phi) is 12.9. The Morgan fingerprint density at radius 2 is 1.28 bits per heavy atom. The van der Waals surface area contributed by atoms with Crippen LogP contribution in [0, 0.1) is 0 Å². The van der Waals surface area contributed by atoms with Crippen LogP contribution in [0.1, 0.15) is 55.4 Å². The predicted octanol–water partition coefficient (Wildman–Crippen LogP) is 2.05. The highest BCUT2D eigenvalue weighted by atomic mass is 16.5. The van der Waals surface area contributed by atoms with Crippen LogP contribution in [0.25, 0.3) is 0 Å². The van der Waals surface area contributed by atoms with Crippen LogP contribution in [0.3, 0.4) is 0 Å². The van der Waals surface area contributed by atoms with Gasteiger partial charge in [0, 0.05) is 6.92 Å². The molecule has 0 saturated carbocycles. The smallest absolute Gasteiger partial charge is 0.300 e. The van der Waals surface area contributed by atoms with Gasteiger partial charge in [-0.25, -0.2) is 0 Å². The molecule has 5 nitrogen and oxygen atoms in total. The second-order valence-corrected chi connectivity index (χ2v) is 5.88. The summed E-state index contributed by atoms with van der Waals surface area (Å²) >= 11 is 0. The summed E-state index contributed by atoms with van der Waals surface area (Å²) in [5.74, 6) is -0.833. The number of carbonyl (C=O) groups is 1. The quantitative estimate of drug-likeness (QED) is 0.676. The minimum atomic E-state index is -0.833. The van der Waals surface area contributed by atoms with Gasteiger partial charge in [0.25, 0.3) is 5.97 Å². The molecule has 3 N–H and O–H groups in total. The van der Waals surface area contributed by atoms with E-state index in [-0.39, 0.29) is 17.8 Å². The number of hydrogen-bond donors (Lipinski definition) is 3.